The molecule has 0 radical (unpaired) electrons. The van der Waals surface area contributed by atoms with Crippen molar-refractivity contribution in [3.05, 3.63) is 23.8 Å². The van der Waals surface area contributed by atoms with Gasteiger partial charge in [0.05, 0.1) is 17.9 Å². The second-order valence-corrected chi connectivity index (χ2v) is 4.17. The van der Waals surface area contributed by atoms with Crippen LogP contribution in [-0.4, -0.2) is 23.8 Å². The number of benzene rings is 1. The lowest BCUT2D eigenvalue weighted by Gasteiger charge is -2.09. The molecule has 0 aliphatic rings. The quantitative estimate of drug-likeness (QED) is 0.567. The number of rotatable bonds is 5. The molecule has 1 aromatic carbocycles. The summed E-state index contributed by atoms with van der Waals surface area (Å²) in [5.41, 5.74) is 0.178. The van der Waals surface area contributed by atoms with Gasteiger partial charge in [-0.05, 0) is 24.6 Å². The largest absolute Gasteiger partial charge is 0.478 e. The first-order chi connectivity index (χ1) is 8.54. The average molecular weight is 269 g/mol. The van der Waals surface area contributed by atoms with Gasteiger partial charge < -0.3 is 9.84 Å². The topological polar surface area (TPSA) is 75.6 Å². The fraction of sp³-hybridized carbons (Fsp3) is 0.333. The molecule has 0 atom stereocenters. The average Bonchev–Trinajstić information content (AvgIpc) is 2.31. The maximum absolute atomic E-state index is 11.4. The van der Waals surface area contributed by atoms with E-state index in [4.69, 9.17) is 9.84 Å². The number of amides is 1. The van der Waals surface area contributed by atoms with E-state index in [1.165, 1.54) is 12.1 Å². The second-order valence-electron chi connectivity index (χ2n) is 3.65. The monoisotopic (exact) mass is 269 g/mol. The molecule has 1 aromatic rings. The highest BCUT2D eigenvalue weighted by Gasteiger charge is 2.13. The van der Waals surface area contributed by atoms with Crippen LogP contribution in [0.2, 0.25) is 0 Å². The van der Waals surface area contributed by atoms with Gasteiger partial charge in [-0.1, -0.05) is 13.3 Å². The normalized spacial score (nSPS) is 9.89. The van der Waals surface area contributed by atoms with Gasteiger partial charge in [-0.3, -0.25) is 5.32 Å². The summed E-state index contributed by atoms with van der Waals surface area (Å²) >= 11 is 4.05. The summed E-state index contributed by atoms with van der Waals surface area (Å²) in [4.78, 5) is 22.9. The van der Waals surface area contributed by atoms with Crippen molar-refractivity contribution < 1.29 is 19.4 Å². The third-order valence-corrected chi connectivity index (χ3v) is 2.48. The molecule has 0 heterocycles. The molecular formula is C12H15NO4S. The van der Waals surface area contributed by atoms with Crippen molar-refractivity contribution in [3.8, 4) is 0 Å². The van der Waals surface area contributed by atoms with Gasteiger partial charge in [-0.2, -0.15) is 0 Å². The molecule has 0 saturated heterocycles. The Labute approximate surface area is 111 Å². The molecule has 98 valence electrons. The first kappa shape index (κ1) is 14.4. The Kier molecular flexibility index (Phi) is 5.51. The van der Waals surface area contributed by atoms with Crippen LogP contribution in [0.15, 0.2) is 23.1 Å². The first-order valence-corrected chi connectivity index (χ1v) is 5.99. The van der Waals surface area contributed by atoms with Crippen LogP contribution in [0.1, 0.15) is 30.1 Å². The van der Waals surface area contributed by atoms with Crippen LogP contribution in [0.25, 0.3) is 0 Å². The molecule has 1 rings (SSSR count). The summed E-state index contributed by atoms with van der Waals surface area (Å²) in [5.74, 6) is -1.13. The van der Waals surface area contributed by atoms with Crippen LogP contribution >= 0.6 is 12.6 Å². The van der Waals surface area contributed by atoms with Crippen LogP contribution in [-0.2, 0) is 4.74 Å². The molecule has 0 bridgehead atoms. The van der Waals surface area contributed by atoms with E-state index < -0.39 is 12.1 Å². The summed E-state index contributed by atoms with van der Waals surface area (Å²) in [7, 11) is 0. The highest BCUT2D eigenvalue weighted by Crippen LogP contribution is 2.20. The Bertz CT molecular complexity index is 448. The molecule has 0 unspecified atom stereocenters. The van der Waals surface area contributed by atoms with E-state index >= 15 is 0 Å². The van der Waals surface area contributed by atoms with Crippen LogP contribution in [0.4, 0.5) is 10.5 Å². The van der Waals surface area contributed by atoms with Crippen molar-refractivity contribution in [2.24, 2.45) is 0 Å². The molecule has 0 aliphatic heterocycles. The van der Waals surface area contributed by atoms with Gasteiger partial charge in [0.2, 0.25) is 0 Å². The van der Waals surface area contributed by atoms with Crippen molar-refractivity contribution >= 4 is 30.4 Å². The smallest absolute Gasteiger partial charge is 0.411 e. The molecule has 2 N–H and O–H groups in total. The molecule has 0 aromatic heterocycles. The van der Waals surface area contributed by atoms with E-state index in [0.717, 1.165) is 12.8 Å². The third-order valence-electron chi connectivity index (χ3n) is 2.20. The predicted molar refractivity (Wildman–Crippen MR) is 70.5 cm³/mol. The fourth-order valence-electron chi connectivity index (χ4n) is 1.27. The standard InChI is InChI=1S/C12H15NO4S/c1-2-3-6-17-12(16)13-10-5-4-8(18)7-9(10)11(14)15/h4-5,7,18H,2-3,6H2,1H3,(H,13,16)(H,14,15). The first-order valence-electron chi connectivity index (χ1n) is 5.54. The molecular weight excluding hydrogens is 254 g/mol. The predicted octanol–water partition coefficient (Wildman–Crippen LogP) is 3.02. The van der Waals surface area contributed by atoms with E-state index in [1.54, 1.807) is 6.07 Å². The minimum Gasteiger partial charge on any atom is -0.478 e. The number of hydrogen-bond donors (Lipinski definition) is 3. The number of hydrogen-bond acceptors (Lipinski definition) is 4. The lowest BCUT2D eigenvalue weighted by Crippen LogP contribution is -2.16. The SMILES string of the molecule is CCCCOC(=O)Nc1ccc(S)cc1C(=O)O. The van der Waals surface area contributed by atoms with Crippen molar-refractivity contribution in [2.75, 3.05) is 11.9 Å². The zero-order valence-electron chi connectivity index (χ0n) is 9.97. The van der Waals surface area contributed by atoms with Crippen molar-refractivity contribution in [1.29, 1.82) is 0 Å². The minimum atomic E-state index is -1.13. The highest BCUT2D eigenvalue weighted by atomic mass is 32.1. The summed E-state index contributed by atoms with van der Waals surface area (Å²) in [6, 6.07) is 4.44. The Hall–Kier alpha value is -1.69. The molecule has 18 heavy (non-hydrogen) atoms. The van der Waals surface area contributed by atoms with Crippen LogP contribution in [0.5, 0.6) is 0 Å². The molecule has 1 amide bonds. The third kappa shape index (κ3) is 4.29. The van der Waals surface area contributed by atoms with Gasteiger partial charge in [0.25, 0.3) is 0 Å². The Balaban J connectivity index is 2.72. The van der Waals surface area contributed by atoms with Gasteiger partial charge in [0.1, 0.15) is 0 Å². The second kappa shape index (κ2) is 6.90. The Morgan fingerprint density at radius 2 is 2.17 bits per heavy atom. The van der Waals surface area contributed by atoms with E-state index in [9.17, 15) is 9.59 Å². The minimum absolute atomic E-state index is 0.0186. The van der Waals surface area contributed by atoms with E-state index in [-0.39, 0.29) is 11.3 Å². The van der Waals surface area contributed by atoms with Gasteiger partial charge in [-0.15, -0.1) is 12.6 Å². The van der Waals surface area contributed by atoms with Gasteiger partial charge in [0.15, 0.2) is 0 Å². The number of aromatic carboxylic acids is 1. The summed E-state index contributed by atoms with van der Waals surface area (Å²) in [6.45, 7) is 2.30. The number of anilines is 1. The number of carboxylic acids is 1. The number of carbonyl (C=O) groups excluding carboxylic acids is 1. The Morgan fingerprint density at radius 1 is 1.44 bits per heavy atom. The maximum Gasteiger partial charge on any atom is 0.411 e. The molecule has 0 fully saturated rings. The van der Waals surface area contributed by atoms with Gasteiger partial charge in [0, 0.05) is 4.90 Å². The van der Waals surface area contributed by atoms with Crippen LogP contribution in [0.3, 0.4) is 0 Å². The number of ether oxygens (including phenoxy) is 1. The molecule has 0 aliphatic carbocycles. The highest BCUT2D eigenvalue weighted by molar-refractivity contribution is 7.80. The van der Waals surface area contributed by atoms with Crippen molar-refractivity contribution in [1.82, 2.24) is 0 Å². The Morgan fingerprint density at radius 3 is 2.78 bits per heavy atom. The molecule has 0 spiro atoms. The zero-order valence-corrected chi connectivity index (χ0v) is 10.9. The number of unbranched alkanes of at least 4 members (excludes halogenated alkanes) is 1. The molecule has 5 nitrogen and oxygen atoms in total. The summed E-state index contributed by atoms with van der Waals surface area (Å²) in [6.07, 6.45) is 1.04. The lowest BCUT2D eigenvalue weighted by atomic mass is 10.2. The number of nitrogens with one attached hydrogen (secondary N) is 1. The van der Waals surface area contributed by atoms with Gasteiger partial charge >= 0.3 is 12.1 Å². The number of thiol groups is 1. The van der Waals surface area contributed by atoms with Crippen LogP contribution < -0.4 is 5.32 Å². The number of carboxylic acid groups (broad SMARTS) is 1. The summed E-state index contributed by atoms with van der Waals surface area (Å²) < 4.78 is 4.89. The summed E-state index contributed by atoms with van der Waals surface area (Å²) in [5, 5.41) is 11.4. The van der Waals surface area contributed by atoms with E-state index in [1.807, 2.05) is 6.92 Å². The maximum atomic E-state index is 11.4. The van der Waals surface area contributed by atoms with E-state index in [2.05, 4.69) is 17.9 Å². The zero-order chi connectivity index (χ0) is 13.5. The fourth-order valence-corrected chi connectivity index (χ4v) is 1.48. The van der Waals surface area contributed by atoms with Crippen molar-refractivity contribution in [2.45, 2.75) is 24.7 Å². The van der Waals surface area contributed by atoms with E-state index in [0.29, 0.717) is 11.5 Å². The van der Waals surface area contributed by atoms with Gasteiger partial charge in [-0.25, -0.2) is 9.59 Å². The van der Waals surface area contributed by atoms with Crippen LogP contribution in [0, 0.1) is 0 Å². The molecule has 0 saturated carbocycles. The molecule has 6 heteroatoms. The number of carbonyl (C=O) groups is 2. The van der Waals surface area contributed by atoms with Crippen molar-refractivity contribution in [3.63, 3.8) is 0 Å². The lowest BCUT2D eigenvalue weighted by molar-refractivity contribution is 0.0697.